The van der Waals surface area contributed by atoms with Crippen LogP contribution in [0, 0.1) is 0 Å². The number of ether oxygens (including phenoxy) is 1. The molecule has 0 N–H and O–H groups in total. The number of halogens is 2. The SMILES string of the molecule is CC(C)(COCc1cccc(Br)c1)c1cccc(Cl)c1. The van der Waals surface area contributed by atoms with Crippen molar-refractivity contribution < 1.29 is 4.74 Å². The molecule has 2 aromatic rings. The van der Waals surface area contributed by atoms with Crippen LogP contribution in [-0.4, -0.2) is 6.61 Å². The molecule has 0 aromatic heterocycles. The summed E-state index contributed by atoms with van der Waals surface area (Å²) in [5.74, 6) is 0. The van der Waals surface area contributed by atoms with Crippen molar-refractivity contribution in [1.29, 1.82) is 0 Å². The van der Waals surface area contributed by atoms with Crippen LogP contribution in [0.3, 0.4) is 0 Å². The van der Waals surface area contributed by atoms with Gasteiger partial charge in [-0.1, -0.05) is 65.6 Å². The van der Waals surface area contributed by atoms with Gasteiger partial charge in [0.25, 0.3) is 0 Å². The van der Waals surface area contributed by atoms with Crippen molar-refractivity contribution in [1.82, 2.24) is 0 Å². The number of hydrogen-bond acceptors (Lipinski definition) is 1. The molecule has 0 saturated heterocycles. The summed E-state index contributed by atoms with van der Waals surface area (Å²) in [6, 6.07) is 16.1. The van der Waals surface area contributed by atoms with E-state index in [0.717, 1.165) is 9.50 Å². The van der Waals surface area contributed by atoms with Crippen molar-refractivity contribution in [2.24, 2.45) is 0 Å². The smallest absolute Gasteiger partial charge is 0.0717 e. The van der Waals surface area contributed by atoms with Gasteiger partial charge in [-0.05, 0) is 35.4 Å². The maximum absolute atomic E-state index is 6.05. The first kappa shape index (κ1) is 15.6. The monoisotopic (exact) mass is 352 g/mol. The summed E-state index contributed by atoms with van der Waals surface area (Å²) in [5, 5.41) is 0.766. The minimum atomic E-state index is -0.0586. The largest absolute Gasteiger partial charge is 0.376 e. The average Bonchev–Trinajstić information content (AvgIpc) is 2.38. The van der Waals surface area contributed by atoms with Crippen molar-refractivity contribution in [2.45, 2.75) is 25.9 Å². The molecule has 0 aliphatic carbocycles. The normalized spacial score (nSPS) is 11.6. The van der Waals surface area contributed by atoms with Crippen LogP contribution in [0.4, 0.5) is 0 Å². The Balaban J connectivity index is 1.96. The zero-order valence-corrected chi connectivity index (χ0v) is 14.0. The third-order valence-corrected chi connectivity index (χ3v) is 3.96. The van der Waals surface area contributed by atoms with E-state index in [2.05, 4.69) is 48.0 Å². The van der Waals surface area contributed by atoms with Gasteiger partial charge in [0.1, 0.15) is 0 Å². The first-order valence-electron chi connectivity index (χ1n) is 6.56. The minimum absolute atomic E-state index is 0.0586. The fourth-order valence-electron chi connectivity index (χ4n) is 2.04. The van der Waals surface area contributed by atoms with Gasteiger partial charge in [0.2, 0.25) is 0 Å². The molecule has 0 heterocycles. The van der Waals surface area contributed by atoms with E-state index in [0.29, 0.717) is 13.2 Å². The third-order valence-electron chi connectivity index (χ3n) is 3.23. The van der Waals surface area contributed by atoms with E-state index in [1.807, 2.05) is 30.3 Å². The van der Waals surface area contributed by atoms with Crippen LogP contribution >= 0.6 is 27.5 Å². The Labute approximate surface area is 134 Å². The van der Waals surface area contributed by atoms with E-state index in [1.54, 1.807) is 0 Å². The summed E-state index contributed by atoms with van der Waals surface area (Å²) >= 11 is 9.52. The topological polar surface area (TPSA) is 9.23 Å². The zero-order chi connectivity index (χ0) is 14.6. The van der Waals surface area contributed by atoms with Crippen LogP contribution < -0.4 is 0 Å². The molecule has 2 rings (SSSR count). The summed E-state index contributed by atoms with van der Waals surface area (Å²) in [4.78, 5) is 0. The molecule has 0 spiro atoms. The highest BCUT2D eigenvalue weighted by atomic mass is 79.9. The van der Waals surface area contributed by atoms with Crippen molar-refractivity contribution >= 4 is 27.5 Å². The van der Waals surface area contributed by atoms with Crippen molar-refractivity contribution in [2.75, 3.05) is 6.61 Å². The van der Waals surface area contributed by atoms with Crippen LogP contribution in [0.15, 0.2) is 53.0 Å². The van der Waals surface area contributed by atoms with Crippen LogP contribution in [0.2, 0.25) is 5.02 Å². The molecular weight excluding hydrogens is 336 g/mol. The molecule has 0 fully saturated rings. The van der Waals surface area contributed by atoms with Gasteiger partial charge in [-0.25, -0.2) is 0 Å². The first-order valence-corrected chi connectivity index (χ1v) is 7.73. The van der Waals surface area contributed by atoms with E-state index in [1.165, 1.54) is 11.1 Å². The average molecular weight is 354 g/mol. The molecule has 3 heteroatoms. The predicted molar refractivity (Wildman–Crippen MR) is 88.3 cm³/mol. The summed E-state index contributed by atoms with van der Waals surface area (Å²) in [6.45, 7) is 5.60. The lowest BCUT2D eigenvalue weighted by Crippen LogP contribution is -2.24. The van der Waals surface area contributed by atoms with Crippen LogP contribution in [0.1, 0.15) is 25.0 Å². The molecule has 0 unspecified atom stereocenters. The Hall–Kier alpha value is -0.830. The standard InChI is InChI=1S/C17H18BrClO/c1-17(2,14-6-4-8-16(19)10-14)12-20-11-13-5-3-7-15(18)9-13/h3-10H,11-12H2,1-2H3. The van der Waals surface area contributed by atoms with Crippen molar-refractivity contribution in [3.8, 4) is 0 Å². The van der Waals surface area contributed by atoms with E-state index in [9.17, 15) is 0 Å². The molecule has 0 amide bonds. The molecule has 0 radical (unpaired) electrons. The van der Waals surface area contributed by atoms with E-state index in [4.69, 9.17) is 16.3 Å². The number of benzene rings is 2. The molecule has 1 nitrogen and oxygen atoms in total. The van der Waals surface area contributed by atoms with Gasteiger partial charge in [-0.3, -0.25) is 0 Å². The first-order chi connectivity index (χ1) is 9.47. The van der Waals surface area contributed by atoms with Crippen LogP contribution in [-0.2, 0) is 16.8 Å². The van der Waals surface area contributed by atoms with Crippen molar-refractivity contribution in [3.63, 3.8) is 0 Å². The maximum atomic E-state index is 6.05. The van der Waals surface area contributed by atoms with Crippen molar-refractivity contribution in [3.05, 3.63) is 69.2 Å². The van der Waals surface area contributed by atoms with E-state index < -0.39 is 0 Å². The quantitative estimate of drug-likeness (QED) is 0.680. The number of rotatable bonds is 5. The summed E-state index contributed by atoms with van der Waals surface area (Å²) < 4.78 is 6.95. The molecular formula is C17H18BrClO. The van der Waals surface area contributed by atoms with Gasteiger partial charge >= 0.3 is 0 Å². The Morgan fingerprint density at radius 1 is 1.10 bits per heavy atom. The molecule has 0 saturated carbocycles. The van der Waals surface area contributed by atoms with Gasteiger partial charge in [-0.15, -0.1) is 0 Å². The van der Waals surface area contributed by atoms with Gasteiger partial charge in [0, 0.05) is 14.9 Å². The Morgan fingerprint density at radius 2 is 1.85 bits per heavy atom. The summed E-state index contributed by atoms with van der Waals surface area (Å²) in [6.07, 6.45) is 0. The lowest BCUT2D eigenvalue weighted by atomic mass is 9.86. The highest BCUT2D eigenvalue weighted by molar-refractivity contribution is 9.10. The van der Waals surface area contributed by atoms with E-state index >= 15 is 0 Å². The molecule has 0 bridgehead atoms. The summed E-state index contributed by atoms with van der Waals surface area (Å²) in [7, 11) is 0. The highest BCUT2D eigenvalue weighted by Crippen LogP contribution is 2.26. The zero-order valence-electron chi connectivity index (χ0n) is 11.7. The molecule has 20 heavy (non-hydrogen) atoms. The fraction of sp³-hybridized carbons (Fsp3) is 0.294. The second kappa shape index (κ2) is 6.75. The van der Waals surface area contributed by atoms with Gasteiger partial charge in [-0.2, -0.15) is 0 Å². The Bertz CT molecular complexity index is 581. The van der Waals surface area contributed by atoms with Gasteiger partial charge in [0.15, 0.2) is 0 Å². The number of hydrogen-bond donors (Lipinski definition) is 0. The fourth-order valence-corrected chi connectivity index (χ4v) is 2.68. The minimum Gasteiger partial charge on any atom is -0.376 e. The van der Waals surface area contributed by atoms with Crippen LogP contribution in [0.25, 0.3) is 0 Å². The lowest BCUT2D eigenvalue weighted by Gasteiger charge is -2.25. The molecule has 0 aliphatic rings. The molecule has 106 valence electrons. The molecule has 0 atom stereocenters. The lowest BCUT2D eigenvalue weighted by molar-refractivity contribution is 0.0825. The molecule has 0 aliphatic heterocycles. The van der Waals surface area contributed by atoms with E-state index in [-0.39, 0.29) is 5.41 Å². The summed E-state index contributed by atoms with van der Waals surface area (Å²) in [5.41, 5.74) is 2.30. The predicted octanol–water partition coefficient (Wildman–Crippen LogP) is 5.60. The Kier molecular flexibility index (Phi) is 5.25. The molecule has 2 aromatic carbocycles. The van der Waals surface area contributed by atoms with Crippen LogP contribution in [0.5, 0.6) is 0 Å². The second-order valence-electron chi connectivity index (χ2n) is 5.52. The highest BCUT2D eigenvalue weighted by Gasteiger charge is 2.21. The maximum Gasteiger partial charge on any atom is 0.0717 e. The van der Waals surface area contributed by atoms with Gasteiger partial charge in [0.05, 0.1) is 13.2 Å². The second-order valence-corrected chi connectivity index (χ2v) is 6.87. The Morgan fingerprint density at radius 3 is 2.55 bits per heavy atom. The van der Waals surface area contributed by atoms with Gasteiger partial charge < -0.3 is 4.74 Å². The third kappa shape index (κ3) is 4.34.